The van der Waals surface area contributed by atoms with Gasteiger partial charge in [0.25, 0.3) is 0 Å². The van der Waals surface area contributed by atoms with Crippen molar-refractivity contribution in [2.24, 2.45) is 0 Å². The van der Waals surface area contributed by atoms with Gasteiger partial charge < -0.3 is 5.32 Å². The smallest absolute Gasteiger partial charge is 0.0453 e. The van der Waals surface area contributed by atoms with Crippen LogP contribution in [0.1, 0.15) is 5.56 Å². The average molecular weight is 225 g/mol. The average Bonchev–Trinajstić information content (AvgIpc) is 2.61. The zero-order chi connectivity index (χ0) is 10.8. The monoisotopic (exact) mass is 225 g/mol. The molecule has 0 saturated heterocycles. The Morgan fingerprint density at radius 1 is 1.00 bits per heavy atom. The van der Waals surface area contributed by atoms with Crippen molar-refractivity contribution >= 4 is 27.1 Å². The summed E-state index contributed by atoms with van der Waals surface area (Å²) in [5, 5.41) is 6.72. The first-order valence-corrected chi connectivity index (χ1v) is 6.09. The van der Waals surface area contributed by atoms with Crippen LogP contribution in [0.15, 0.2) is 60.1 Å². The van der Waals surface area contributed by atoms with E-state index in [4.69, 9.17) is 0 Å². The second-order valence-electron chi connectivity index (χ2n) is 3.64. The molecule has 1 nitrogen and oxygen atoms in total. The summed E-state index contributed by atoms with van der Waals surface area (Å²) in [6, 6.07) is 8.70. The van der Waals surface area contributed by atoms with Gasteiger partial charge in [0.1, 0.15) is 0 Å². The molecule has 0 radical (unpaired) electrons. The Balaban J connectivity index is 2.08. The maximum atomic E-state index is 3.28. The first kappa shape index (κ1) is 9.43. The van der Waals surface area contributed by atoms with Crippen LogP contribution in [0, 0.1) is 0 Å². The van der Waals surface area contributed by atoms with Crippen LogP contribution in [-0.2, 0) is 0 Å². The number of thiophene rings is 1. The van der Waals surface area contributed by atoms with Gasteiger partial charge in [0.05, 0.1) is 0 Å². The predicted octanol–water partition coefficient (Wildman–Crippen LogP) is 3.92. The molecule has 1 aliphatic rings. The van der Waals surface area contributed by atoms with Gasteiger partial charge in [-0.05, 0) is 40.6 Å². The van der Waals surface area contributed by atoms with Crippen molar-refractivity contribution in [3.05, 3.63) is 65.7 Å². The first-order valence-electron chi connectivity index (χ1n) is 5.21. The fraction of sp³-hybridized carbons (Fsp3) is 0. The lowest BCUT2D eigenvalue weighted by molar-refractivity contribution is 1.22. The van der Waals surface area contributed by atoms with Crippen LogP contribution in [0.3, 0.4) is 0 Å². The second kappa shape index (κ2) is 3.99. The van der Waals surface area contributed by atoms with Gasteiger partial charge in [-0.1, -0.05) is 24.3 Å². The van der Waals surface area contributed by atoms with Crippen LogP contribution in [0.4, 0.5) is 0 Å². The van der Waals surface area contributed by atoms with Gasteiger partial charge in [0, 0.05) is 16.6 Å². The number of benzene rings is 1. The van der Waals surface area contributed by atoms with Crippen LogP contribution in [-0.4, -0.2) is 0 Å². The molecule has 0 amide bonds. The van der Waals surface area contributed by atoms with Gasteiger partial charge in [0.2, 0.25) is 0 Å². The van der Waals surface area contributed by atoms with Crippen LogP contribution in [0.25, 0.3) is 15.8 Å². The minimum atomic E-state index is 1.14. The van der Waals surface area contributed by atoms with Gasteiger partial charge >= 0.3 is 0 Å². The summed E-state index contributed by atoms with van der Waals surface area (Å²) in [6.45, 7) is 0. The highest BCUT2D eigenvalue weighted by Gasteiger charge is 2.02. The molecule has 0 saturated carbocycles. The van der Waals surface area contributed by atoms with Gasteiger partial charge in [-0.2, -0.15) is 0 Å². The van der Waals surface area contributed by atoms with E-state index in [9.17, 15) is 0 Å². The molecule has 16 heavy (non-hydrogen) atoms. The van der Waals surface area contributed by atoms with Crippen molar-refractivity contribution in [3.63, 3.8) is 0 Å². The minimum absolute atomic E-state index is 1.14. The Hall–Kier alpha value is -1.80. The molecule has 78 valence electrons. The molecule has 0 fully saturated rings. The van der Waals surface area contributed by atoms with Crippen LogP contribution in [0.2, 0.25) is 0 Å². The number of hydrogen-bond acceptors (Lipinski definition) is 2. The summed E-state index contributed by atoms with van der Waals surface area (Å²) in [4.78, 5) is 0. The van der Waals surface area contributed by atoms with Crippen molar-refractivity contribution in [1.82, 2.24) is 5.32 Å². The van der Waals surface area contributed by atoms with Gasteiger partial charge in [0.15, 0.2) is 0 Å². The standard InChI is InChI=1S/C14H11NS/c1-2-4-13(15-8-3-1)12-6-5-11-7-9-16-14(11)10-12/h1-10,15H. The molecule has 0 spiro atoms. The van der Waals surface area contributed by atoms with E-state index < -0.39 is 0 Å². The van der Waals surface area contributed by atoms with E-state index in [1.807, 2.05) is 24.4 Å². The summed E-state index contributed by atoms with van der Waals surface area (Å²) >= 11 is 1.78. The number of hydrogen-bond donors (Lipinski definition) is 1. The molecule has 0 aliphatic carbocycles. The third-order valence-corrected chi connectivity index (χ3v) is 3.47. The van der Waals surface area contributed by atoms with Crippen molar-refractivity contribution in [2.75, 3.05) is 0 Å². The largest absolute Gasteiger partial charge is 0.361 e. The van der Waals surface area contributed by atoms with Gasteiger partial charge in [-0.15, -0.1) is 11.3 Å². The number of allylic oxidation sites excluding steroid dienone is 4. The lowest BCUT2D eigenvalue weighted by Crippen LogP contribution is -2.02. The summed E-state index contributed by atoms with van der Waals surface area (Å²) in [5.41, 5.74) is 2.37. The topological polar surface area (TPSA) is 12.0 Å². The molecule has 1 aliphatic heterocycles. The van der Waals surface area contributed by atoms with E-state index >= 15 is 0 Å². The van der Waals surface area contributed by atoms with Gasteiger partial charge in [-0.3, -0.25) is 0 Å². The molecule has 2 heterocycles. The molecule has 1 aromatic carbocycles. The number of nitrogens with one attached hydrogen (secondary N) is 1. The maximum absolute atomic E-state index is 3.28. The highest BCUT2D eigenvalue weighted by Crippen LogP contribution is 2.24. The fourth-order valence-corrected chi connectivity index (χ4v) is 2.59. The third-order valence-electron chi connectivity index (χ3n) is 2.59. The zero-order valence-corrected chi connectivity index (χ0v) is 9.50. The third kappa shape index (κ3) is 1.68. The molecule has 3 rings (SSSR count). The molecule has 0 atom stereocenters. The maximum Gasteiger partial charge on any atom is 0.0453 e. The molecule has 1 N–H and O–H groups in total. The normalized spacial score (nSPS) is 14.6. The number of fused-ring (bicyclic) bond motifs is 1. The first-order chi connectivity index (χ1) is 7.93. The Morgan fingerprint density at radius 2 is 2.00 bits per heavy atom. The minimum Gasteiger partial charge on any atom is -0.361 e. The molecule has 2 heteroatoms. The quantitative estimate of drug-likeness (QED) is 0.775. The molecular formula is C14H11NS. The summed E-state index contributed by atoms with van der Waals surface area (Å²) < 4.78 is 1.33. The second-order valence-corrected chi connectivity index (χ2v) is 4.59. The number of rotatable bonds is 1. The van der Waals surface area contributed by atoms with Crippen LogP contribution >= 0.6 is 11.3 Å². The predicted molar refractivity (Wildman–Crippen MR) is 71.2 cm³/mol. The SMILES string of the molecule is C1=CC=C(c2ccc3ccsc3c2)NC=C1. The Morgan fingerprint density at radius 3 is 3.00 bits per heavy atom. The van der Waals surface area contributed by atoms with E-state index in [-0.39, 0.29) is 0 Å². The fourth-order valence-electron chi connectivity index (χ4n) is 1.76. The van der Waals surface area contributed by atoms with Crippen molar-refractivity contribution in [2.45, 2.75) is 0 Å². The van der Waals surface area contributed by atoms with Gasteiger partial charge in [-0.25, -0.2) is 0 Å². The van der Waals surface area contributed by atoms with E-state index in [0.717, 1.165) is 5.70 Å². The van der Waals surface area contributed by atoms with Crippen LogP contribution < -0.4 is 5.32 Å². The Kier molecular flexibility index (Phi) is 2.35. The summed E-state index contributed by atoms with van der Waals surface area (Å²) in [5.74, 6) is 0. The van der Waals surface area contributed by atoms with Crippen molar-refractivity contribution in [1.29, 1.82) is 0 Å². The lowest BCUT2D eigenvalue weighted by atomic mass is 10.1. The molecule has 1 aromatic heterocycles. The molecule has 0 bridgehead atoms. The van der Waals surface area contributed by atoms with E-state index in [0.29, 0.717) is 0 Å². The molecule has 2 aromatic rings. The van der Waals surface area contributed by atoms with E-state index in [1.165, 1.54) is 15.6 Å². The van der Waals surface area contributed by atoms with Crippen LogP contribution in [0.5, 0.6) is 0 Å². The summed E-state index contributed by atoms with van der Waals surface area (Å²) in [6.07, 6.45) is 10.1. The van der Waals surface area contributed by atoms with Crippen molar-refractivity contribution < 1.29 is 0 Å². The Labute approximate surface area is 98.4 Å². The van der Waals surface area contributed by atoms with Crippen molar-refractivity contribution in [3.8, 4) is 0 Å². The summed E-state index contributed by atoms with van der Waals surface area (Å²) in [7, 11) is 0. The highest BCUT2D eigenvalue weighted by atomic mass is 32.1. The highest BCUT2D eigenvalue weighted by molar-refractivity contribution is 7.17. The molecule has 0 unspecified atom stereocenters. The zero-order valence-electron chi connectivity index (χ0n) is 8.68. The van der Waals surface area contributed by atoms with E-state index in [1.54, 1.807) is 11.3 Å². The lowest BCUT2D eigenvalue weighted by Gasteiger charge is -2.06. The van der Waals surface area contributed by atoms with E-state index in [2.05, 4.69) is 41.0 Å². The molecular weight excluding hydrogens is 214 g/mol. The Bertz CT molecular complexity index is 602.